The Morgan fingerprint density at radius 3 is 2.48 bits per heavy atom. The summed E-state index contributed by atoms with van der Waals surface area (Å²) in [5, 5.41) is 4.14. The van der Waals surface area contributed by atoms with E-state index in [0.717, 1.165) is 50.2 Å². The topological polar surface area (TPSA) is 89.7 Å². The van der Waals surface area contributed by atoms with Gasteiger partial charge in [0.25, 0.3) is 17.5 Å². The number of amides is 1. The highest BCUT2D eigenvalue weighted by Gasteiger charge is 2.26. The number of esters is 1. The van der Waals surface area contributed by atoms with E-state index in [2.05, 4.69) is 15.1 Å². The monoisotopic (exact) mass is 345 g/mol. The van der Waals surface area contributed by atoms with Gasteiger partial charge in [-0.1, -0.05) is 12.8 Å². The standard InChI is InChI=1S/C17H23N5O3/c1-11-10-12(2)22-17(18-11)19-14(20-22)16(24)25-13(3)15(23)21-8-6-4-5-7-9-21/h10,13H,4-9H2,1-3H3. The number of rotatable bonds is 3. The third-order valence-corrected chi connectivity index (χ3v) is 4.35. The van der Waals surface area contributed by atoms with Gasteiger partial charge in [0, 0.05) is 24.5 Å². The minimum Gasteiger partial charge on any atom is -0.447 e. The largest absolute Gasteiger partial charge is 0.447 e. The molecular formula is C17H23N5O3. The average Bonchev–Trinajstić information content (AvgIpc) is 2.82. The van der Waals surface area contributed by atoms with Crippen LogP contribution in [0, 0.1) is 13.8 Å². The van der Waals surface area contributed by atoms with Crippen LogP contribution in [0.15, 0.2) is 6.07 Å². The summed E-state index contributed by atoms with van der Waals surface area (Å²) in [5.74, 6) is -0.616. The molecule has 2 aromatic heterocycles. The first kappa shape index (κ1) is 17.3. The van der Waals surface area contributed by atoms with E-state index in [1.165, 1.54) is 4.52 Å². The van der Waals surface area contributed by atoms with Crippen molar-refractivity contribution >= 4 is 17.7 Å². The Hall–Kier alpha value is -2.51. The lowest BCUT2D eigenvalue weighted by Gasteiger charge is -2.23. The van der Waals surface area contributed by atoms with E-state index >= 15 is 0 Å². The lowest BCUT2D eigenvalue weighted by molar-refractivity contribution is -0.139. The number of aromatic nitrogens is 4. The molecule has 1 unspecified atom stereocenters. The second-order valence-electron chi connectivity index (χ2n) is 6.47. The molecule has 8 heteroatoms. The number of likely N-dealkylation sites (tertiary alicyclic amines) is 1. The van der Waals surface area contributed by atoms with Crippen LogP contribution in [0.4, 0.5) is 0 Å². The molecule has 134 valence electrons. The van der Waals surface area contributed by atoms with Gasteiger partial charge in [-0.3, -0.25) is 4.79 Å². The molecule has 1 saturated heterocycles. The fraction of sp³-hybridized carbons (Fsp3) is 0.588. The molecule has 1 aliphatic heterocycles. The van der Waals surface area contributed by atoms with E-state index in [0.29, 0.717) is 5.78 Å². The van der Waals surface area contributed by atoms with Crippen LogP contribution < -0.4 is 0 Å². The predicted octanol–water partition coefficient (Wildman–Crippen LogP) is 1.69. The van der Waals surface area contributed by atoms with Gasteiger partial charge in [0.2, 0.25) is 0 Å². The summed E-state index contributed by atoms with van der Waals surface area (Å²) >= 11 is 0. The molecule has 3 heterocycles. The highest BCUT2D eigenvalue weighted by Crippen LogP contribution is 2.13. The molecule has 3 rings (SSSR count). The second kappa shape index (κ2) is 7.16. The molecule has 8 nitrogen and oxygen atoms in total. The highest BCUT2D eigenvalue weighted by molar-refractivity contribution is 5.89. The molecule has 1 aliphatic rings. The van der Waals surface area contributed by atoms with Gasteiger partial charge in [-0.05, 0) is 39.7 Å². The fourth-order valence-electron chi connectivity index (χ4n) is 3.06. The summed E-state index contributed by atoms with van der Waals surface area (Å²) in [5.41, 5.74) is 1.62. The lowest BCUT2D eigenvalue weighted by Crippen LogP contribution is -2.40. The summed E-state index contributed by atoms with van der Waals surface area (Å²) in [4.78, 5) is 34.9. The molecule has 0 radical (unpaired) electrons. The van der Waals surface area contributed by atoms with E-state index in [-0.39, 0.29) is 11.7 Å². The molecule has 1 atom stereocenters. The fourth-order valence-corrected chi connectivity index (χ4v) is 3.06. The van der Waals surface area contributed by atoms with Crippen LogP contribution in [-0.2, 0) is 9.53 Å². The zero-order valence-corrected chi connectivity index (χ0v) is 14.9. The molecule has 0 N–H and O–H groups in total. The van der Waals surface area contributed by atoms with E-state index in [1.54, 1.807) is 11.8 Å². The van der Waals surface area contributed by atoms with Crippen molar-refractivity contribution in [2.75, 3.05) is 13.1 Å². The number of ether oxygens (including phenoxy) is 1. The summed E-state index contributed by atoms with van der Waals surface area (Å²) in [7, 11) is 0. The van der Waals surface area contributed by atoms with E-state index in [9.17, 15) is 9.59 Å². The third-order valence-electron chi connectivity index (χ3n) is 4.35. The van der Waals surface area contributed by atoms with Gasteiger partial charge >= 0.3 is 5.97 Å². The first-order valence-electron chi connectivity index (χ1n) is 8.66. The smallest absolute Gasteiger partial charge is 0.379 e. The molecule has 1 fully saturated rings. The van der Waals surface area contributed by atoms with Crippen molar-refractivity contribution in [3.05, 3.63) is 23.3 Å². The van der Waals surface area contributed by atoms with Gasteiger partial charge < -0.3 is 9.64 Å². The normalized spacial score (nSPS) is 16.5. The molecule has 0 aromatic carbocycles. The summed E-state index contributed by atoms with van der Waals surface area (Å²) in [6.45, 7) is 6.73. The Balaban J connectivity index is 1.70. The van der Waals surface area contributed by atoms with E-state index in [1.807, 2.05) is 19.9 Å². The molecule has 2 aromatic rings. The first-order chi connectivity index (χ1) is 12.0. The van der Waals surface area contributed by atoms with Crippen LogP contribution in [0.3, 0.4) is 0 Å². The molecule has 0 aliphatic carbocycles. The number of aryl methyl sites for hydroxylation is 2. The van der Waals surface area contributed by atoms with Crippen molar-refractivity contribution in [3.63, 3.8) is 0 Å². The van der Waals surface area contributed by atoms with Gasteiger partial charge in [-0.25, -0.2) is 14.3 Å². The maximum absolute atomic E-state index is 12.5. The lowest BCUT2D eigenvalue weighted by atomic mass is 10.2. The van der Waals surface area contributed by atoms with Gasteiger partial charge in [0.05, 0.1) is 0 Å². The summed E-state index contributed by atoms with van der Waals surface area (Å²) in [6.07, 6.45) is 3.40. The third kappa shape index (κ3) is 3.78. The van der Waals surface area contributed by atoms with Gasteiger partial charge in [-0.2, -0.15) is 4.98 Å². The number of carbonyl (C=O) groups is 2. The Morgan fingerprint density at radius 2 is 1.80 bits per heavy atom. The average molecular weight is 345 g/mol. The Kier molecular flexibility index (Phi) is 4.96. The molecular weight excluding hydrogens is 322 g/mol. The summed E-state index contributed by atoms with van der Waals surface area (Å²) in [6, 6.07) is 1.85. The van der Waals surface area contributed by atoms with E-state index in [4.69, 9.17) is 4.74 Å². The van der Waals surface area contributed by atoms with Crippen molar-refractivity contribution in [3.8, 4) is 0 Å². The second-order valence-corrected chi connectivity index (χ2v) is 6.47. The number of hydrogen-bond donors (Lipinski definition) is 0. The number of nitrogens with zero attached hydrogens (tertiary/aromatic N) is 5. The SMILES string of the molecule is Cc1cc(C)n2nc(C(=O)OC(C)C(=O)N3CCCCCC3)nc2n1. The van der Waals surface area contributed by atoms with Crippen LogP contribution in [0.25, 0.3) is 5.78 Å². The number of hydrogen-bond acceptors (Lipinski definition) is 6. The molecule has 0 saturated carbocycles. The molecule has 25 heavy (non-hydrogen) atoms. The number of fused-ring (bicyclic) bond motifs is 1. The van der Waals surface area contributed by atoms with Crippen LogP contribution in [0.1, 0.15) is 54.6 Å². The maximum Gasteiger partial charge on any atom is 0.379 e. The van der Waals surface area contributed by atoms with Crippen molar-refractivity contribution in [1.29, 1.82) is 0 Å². The Labute approximate surface area is 146 Å². The van der Waals surface area contributed by atoms with Gasteiger partial charge in [0.15, 0.2) is 6.10 Å². The zero-order valence-electron chi connectivity index (χ0n) is 14.9. The predicted molar refractivity (Wildman–Crippen MR) is 90.2 cm³/mol. The Bertz CT molecular complexity index is 793. The Morgan fingerprint density at radius 1 is 1.12 bits per heavy atom. The minimum atomic E-state index is -0.854. The summed E-state index contributed by atoms with van der Waals surface area (Å²) < 4.78 is 6.79. The molecule has 0 spiro atoms. The molecule has 1 amide bonds. The van der Waals surface area contributed by atoms with Crippen LogP contribution in [0.2, 0.25) is 0 Å². The van der Waals surface area contributed by atoms with Crippen molar-refractivity contribution in [1.82, 2.24) is 24.5 Å². The van der Waals surface area contributed by atoms with E-state index < -0.39 is 12.1 Å². The highest BCUT2D eigenvalue weighted by atomic mass is 16.5. The van der Waals surface area contributed by atoms with Crippen molar-refractivity contribution < 1.29 is 14.3 Å². The molecule has 0 bridgehead atoms. The quantitative estimate of drug-likeness (QED) is 0.787. The van der Waals surface area contributed by atoms with Gasteiger partial charge in [0.1, 0.15) is 0 Å². The van der Waals surface area contributed by atoms with Crippen molar-refractivity contribution in [2.45, 2.75) is 52.6 Å². The number of carbonyl (C=O) groups excluding carboxylic acids is 2. The van der Waals surface area contributed by atoms with Crippen LogP contribution in [-0.4, -0.2) is 55.6 Å². The zero-order chi connectivity index (χ0) is 18.0. The maximum atomic E-state index is 12.5. The van der Waals surface area contributed by atoms with Gasteiger partial charge in [-0.15, -0.1) is 5.10 Å². The first-order valence-corrected chi connectivity index (χ1v) is 8.66. The minimum absolute atomic E-state index is 0.0864. The van der Waals surface area contributed by atoms with Crippen LogP contribution >= 0.6 is 0 Å². The van der Waals surface area contributed by atoms with Crippen LogP contribution in [0.5, 0.6) is 0 Å². The van der Waals surface area contributed by atoms with Crippen molar-refractivity contribution in [2.24, 2.45) is 0 Å².